The van der Waals surface area contributed by atoms with Gasteiger partial charge in [-0.25, -0.2) is 4.79 Å². The second-order valence-electron chi connectivity index (χ2n) is 4.43. The number of hydrogen-bond acceptors (Lipinski definition) is 4. The third-order valence-electron chi connectivity index (χ3n) is 3.14. The van der Waals surface area contributed by atoms with Gasteiger partial charge in [-0.15, -0.1) is 12.4 Å². The molecule has 0 bridgehead atoms. The van der Waals surface area contributed by atoms with Crippen LogP contribution in [0, 0.1) is 0 Å². The Kier molecular flexibility index (Phi) is 8.70. The largest absolute Gasteiger partial charge is 0.351 e. The molecule has 1 aliphatic heterocycles. The van der Waals surface area contributed by atoms with Gasteiger partial charge in [0.05, 0.1) is 0 Å². The number of piperidine rings is 1. The second kappa shape index (κ2) is 9.13. The molecule has 6 nitrogen and oxygen atoms in total. The van der Waals surface area contributed by atoms with Crippen molar-refractivity contribution >= 4 is 24.3 Å². The molecule has 0 aliphatic carbocycles. The molecule has 0 spiro atoms. The summed E-state index contributed by atoms with van der Waals surface area (Å²) in [5.74, 6) is -0.311. The molecule has 0 saturated carbocycles. The number of likely N-dealkylation sites (tertiary alicyclic amines) is 1. The van der Waals surface area contributed by atoms with Crippen LogP contribution in [0.4, 0.5) is 4.79 Å². The van der Waals surface area contributed by atoms with Gasteiger partial charge in [-0.3, -0.25) is 15.0 Å². The number of nitrogens with one attached hydrogen (secondary N) is 1. The maximum Gasteiger partial charge on any atom is 0.318 e. The maximum atomic E-state index is 11.3. The van der Waals surface area contributed by atoms with Crippen molar-refractivity contribution in [3.8, 4) is 0 Å². The molecule has 5 N–H and O–H groups in total. The number of nitrogens with two attached hydrogens (primary N) is 2. The first kappa shape index (κ1) is 17.2. The average molecular weight is 279 g/mol. The molecular weight excluding hydrogens is 256 g/mol. The first-order valence-electron chi connectivity index (χ1n) is 6.17. The second-order valence-corrected chi connectivity index (χ2v) is 4.43. The number of carbonyl (C=O) groups excluding carboxylic acids is 2. The zero-order valence-corrected chi connectivity index (χ0v) is 11.4. The molecule has 7 heteroatoms. The van der Waals surface area contributed by atoms with Gasteiger partial charge in [0.25, 0.3) is 0 Å². The van der Waals surface area contributed by atoms with Crippen LogP contribution in [0.2, 0.25) is 0 Å². The summed E-state index contributed by atoms with van der Waals surface area (Å²) in [7, 11) is 0. The Morgan fingerprint density at radius 1 is 1.33 bits per heavy atom. The van der Waals surface area contributed by atoms with Crippen LogP contribution in [0.15, 0.2) is 0 Å². The Hall–Kier alpha value is -0.850. The van der Waals surface area contributed by atoms with E-state index in [0.29, 0.717) is 25.6 Å². The van der Waals surface area contributed by atoms with Crippen molar-refractivity contribution in [2.24, 2.45) is 11.5 Å². The fraction of sp³-hybridized carbons (Fsp3) is 0.818. The van der Waals surface area contributed by atoms with Crippen molar-refractivity contribution in [3.05, 3.63) is 0 Å². The van der Waals surface area contributed by atoms with E-state index in [1.807, 2.05) is 0 Å². The summed E-state index contributed by atoms with van der Waals surface area (Å²) in [6, 6.07) is -0.303. The third-order valence-corrected chi connectivity index (χ3v) is 3.14. The lowest BCUT2D eigenvalue weighted by Crippen LogP contribution is -2.43. The quantitative estimate of drug-likeness (QED) is 0.668. The number of halogens is 1. The van der Waals surface area contributed by atoms with Gasteiger partial charge in [-0.2, -0.15) is 0 Å². The van der Waals surface area contributed by atoms with Crippen molar-refractivity contribution in [3.63, 3.8) is 0 Å². The lowest BCUT2D eigenvalue weighted by molar-refractivity contribution is -0.120. The summed E-state index contributed by atoms with van der Waals surface area (Å²) >= 11 is 0. The molecule has 0 aromatic rings. The predicted molar refractivity (Wildman–Crippen MR) is 72.5 cm³/mol. The van der Waals surface area contributed by atoms with Crippen LogP contribution in [-0.2, 0) is 4.79 Å². The molecule has 106 valence electrons. The van der Waals surface area contributed by atoms with Gasteiger partial charge in [0.2, 0.25) is 5.91 Å². The van der Waals surface area contributed by atoms with E-state index in [4.69, 9.17) is 11.5 Å². The number of imide groups is 1. The molecule has 1 saturated heterocycles. The molecule has 0 aromatic heterocycles. The first-order chi connectivity index (χ1) is 8.13. The highest BCUT2D eigenvalue weighted by Gasteiger charge is 2.21. The highest BCUT2D eigenvalue weighted by Crippen LogP contribution is 2.19. The van der Waals surface area contributed by atoms with Crippen molar-refractivity contribution in [1.82, 2.24) is 10.2 Å². The standard InChI is InChI=1S/C11H22N4O2.ClH/c12-6-4-9-3-1-2-7-15(9)8-5-10(16)14-11(13)17;/h9H,1-8,12H2,(H3,13,14,16,17);1H. The number of amides is 3. The van der Waals surface area contributed by atoms with Crippen LogP contribution in [0.25, 0.3) is 0 Å². The minimum Gasteiger partial charge on any atom is -0.351 e. The summed E-state index contributed by atoms with van der Waals surface area (Å²) in [6.45, 7) is 2.35. The molecule has 1 fully saturated rings. The van der Waals surface area contributed by atoms with E-state index in [1.54, 1.807) is 0 Å². The van der Waals surface area contributed by atoms with E-state index in [2.05, 4.69) is 10.2 Å². The Bertz CT molecular complexity index is 274. The van der Waals surface area contributed by atoms with E-state index < -0.39 is 6.03 Å². The van der Waals surface area contributed by atoms with Gasteiger partial charge in [-0.1, -0.05) is 6.42 Å². The molecule has 1 rings (SSSR count). The highest BCUT2D eigenvalue weighted by atomic mass is 35.5. The van der Waals surface area contributed by atoms with Crippen molar-refractivity contribution < 1.29 is 9.59 Å². The summed E-state index contributed by atoms with van der Waals surface area (Å²) in [5.41, 5.74) is 10.5. The van der Waals surface area contributed by atoms with E-state index >= 15 is 0 Å². The van der Waals surface area contributed by atoms with Crippen LogP contribution < -0.4 is 16.8 Å². The molecule has 0 aromatic carbocycles. The van der Waals surface area contributed by atoms with Gasteiger partial charge in [-0.05, 0) is 32.4 Å². The van der Waals surface area contributed by atoms with Crippen molar-refractivity contribution in [2.45, 2.75) is 38.1 Å². The van der Waals surface area contributed by atoms with E-state index in [0.717, 1.165) is 19.4 Å². The SMILES string of the molecule is Cl.NCCC1CCCCN1CCC(=O)NC(N)=O. The zero-order valence-electron chi connectivity index (χ0n) is 10.6. The summed E-state index contributed by atoms with van der Waals surface area (Å²) in [6.07, 6.45) is 4.82. The Labute approximate surface area is 114 Å². The number of nitrogens with zero attached hydrogens (tertiary/aromatic N) is 1. The minimum absolute atomic E-state index is 0. The normalized spacial score (nSPS) is 19.9. The van der Waals surface area contributed by atoms with Crippen molar-refractivity contribution in [2.75, 3.05) is 19.6 Å². The fourth-order valence-corrected chi connectivity index (χ4v) is 2.32. The van der Waals surface area contributed by atoms with E-state index in [-0.39, 0.29) is 18.3 Å². The molecular formula is C11H23ClN4O2. The number of primary amides is 1. The molecule has 1 unspecified atom stereocenters. The topological polar surface area (TPSA) is 101 Å². The Balaban J connectivity index is 0.00000289. The number of rotatable bonds is 5. The van der Waals surface area contributed by atoms with Gasteiger partial charge in [0, 0.05) is 19.0 Å². The van der Waals surface area contributed by atoms with E-state index in [9.17, 15) is 9.59 Å². The maximum absolute atomic E-state index is 11.3. The molecule has 1 atom stereocenters. The van der Waals surface area contributed by atoms with Gasteiger partial charge in [0.1, 0.15) is 0 Å². The number of hydrogen-bond donors (Lipinski definition) is 3. The smallest absolute Gasteiger partial charge is 0.318 e. The predicted octanol–water partition coefficient (Wildman–Crippen LogP) is 0.197. The number of carbonyl (C=O) groups is 2. The average Bonchev–Trinajstić information content (AvgIpc) is 2.27. The summed E-state index contributed by atoms with van der Waals surface area (Å²) in [5, 5.41) is 2.08. The van der Waals surface area contributed by atoms with E-state index in [1.165, 1.54) is 12.8 Å². The first-order valence-corrected chi connectivity index (χ1v) is 6.17. The molecule has 3 amide bonds. The van der Waals surface area contributed by atoms with Crippen LogP contribution in [0.3, 0.4) is 0 Å². The summed E-state index contributed by atoms with van der Waals surface area (Å²) < 4.78 is 0. The van der Waals surface area contributed by atoms with Gasteiger partial charge < -0.3 is 11.5 Å². The Morgan fingerprint density at radius 3 is 2.67 bits per heavy atom. The highest BCUT2D eigenvalue weighted by molar-refractivity contribution is 5.93. The lowest BCUT2D eigenvalue weighted by Gasteiger charge is -2.35. The lowest BCUT2D eigenvalue weighted by atomic mass is 9.99. The van der Waals surface area contributed by atoms with Gasteiger partial charge >= 0.3 is 6.03 Å². The number of urea groups is 1. The Morgan fingerprint density at radius 2 is 2.06 bits per heavy atom. The van der Waals surface area contributed by atoms with Crippen LogP contribution in [0.5, 0.6) is 0 Å². The van der Waals surface area contributed by atoms with Crippen LogP contribution >= 0.6 is 12.4 Å². The molecule has 18 heavy (non-hydrogen) atoms. The van der Waals surface area contributed by atoms with Crippen LogP contribution in [0.1, 0.15) is 32.1 Å². The fourth-order valence-electron chi connectivity index (χ4n) is 2.32. The molecule has 1 heterocycles. The van der Waals surface area contributed by atoms with Crippen LogP contribution in [-0.4, -0.2) is 42.5 Å². The monoisotopic (exact) mass is 278 g/mol. The minimum atomic E-state index is -0.785. The molecule has 1 aliphatic rings. The zero-order chi connectivity index (χ0) is 12.7. The summed E-state index contributed by atoms with van der Waals surface area (Å²) in [4.78, 5) is 24.1. The molecule has 0 radical (unpaired) electrons. The van der Waals surface area contributed by atoms with Gasteiger partial charge in [0.15, 0.2) is 0 Å². The van der Waals surface area contributed by atoms with Crippen molar-refractivity contribution in [1.29, 1.82) is 0 Å². The third kappa shape index (κ3) is 6.18.